The summed E-state index contributed by atoms with van der Waals surface area (Å²) in [7, 11) is 0. The molecule has 1 aliphatic rings. The first-order chi connectivity index (χ1) is 11.1. The monoisotopic (exact) mass is 308 g/mol. The molecular weight excluding hydrogens is 292 g/mol. The number of rotatable bonds is 4. The molecule has 1 saturated heterocycles. The molecule has 1 fully saturated rings. The molecule has 0 saturated carbocycles. The molecule has 116 valence electrons. The number of hydrogen-bond donors (Lipinski definition) is 0. The summed E-state index contributed by atoms with van der Waals surface area (Å²) < 4.78 is 0. The van der Waals surface area contributed by atoms with E-state index < -0.39 is 17.8 Å². The number of imide groups is 2. The number of amides is 4. The highest BCUT2D eigenvalue weighted by molar-refractivity contribution is 6.44. The van der Waals surface area contributed by atoms with Crippen LogP contribution in [0.5, 0.6) is 0 Å². The summed E-state index contributed by atoms with van der Waals surface area (Å²) in [5, 5.41) is 0. The Morgan fingerprint density at radius 2 is 1.30 bits per heavy atom. The summed E-state index contributed by atoms with van der Waals surface area (Å²) in [6.45, 7) is 2.15. The van der Waals surface area contributed by atoms with Gasteiger partial charge in [0.1, 0.15) is 0 Å². The SMILES string of the molecule is Cc1cccc(CN2C(=O)C(=O)N(Cc3ccccc3)C2=O)c1. The van der Waals surface area contributed by atoms with Crippen molar-refractivity contribution in [2.45, 2.75) is 20.0 Å². The van der Waals surface area contributed by atoms with E-state index in [4.69, 9.17) is 0 Å². The van der Waals surface area contributed by atoms with Crippen molar-refractivity contribution in [2.75, 3.05) is 0 Å². The molecule has 0 spiro atoms. The van der Waals surface area contributed by atoms with E-state index >= 15 is 0 Å². The van der Waals surface area contributed by atoms with Crippen LogP contribution in [0.2, 0.25) is 0 Å². The Kier molecular flexibility index (Phi) is 3.93. The lowest BCUT2D eigenvalue weighted by Gasteiger charge is -2.15. The Labute approximate surface area is 134 Å². The van der Waals surface area contributed by atoms with Crippen LogP contribution in [0.4, 0.5) is 4.79 Å². The molecule has 0 aromatic heterocycles. The molecule has 4 amide bonds. The van der Waals surface area contributed by atoms with Gasteiger partial charge in [0.15, 0.2) is 0 Å². The van der Waals surface area contributed by atoms with Gasteiger partial charge in [-0.15, -0.1) is 0 Å². The molecule has 1 heterocycles. The van der Waals surface area contributed by atoms with Crippen molar-refractivity contribution in [1.29, 1.82) is 0 Å². The maximum Gasteiger partial charge on any atom is 0.334 e. The first kappa shape index (κ1) is 15.0. The number of urea groups is 1. The molecule has 0 aliphatic carbocycles. The molecule has 5 heteroatoms. The number of nitrogens with zero attached hydrogens (tertiary/aromatic N) is 2. The van der Waals surface area contributed by atoms with E-state index in [0.29, 0.717) is 0 Å². The van der Waals surface area contributed by atoms with Gasteiger partial charge in [0.05, 0.1) is 13.1 Å². The van der Waals surface area contributed by atoms with Crippen LogP contribution in [-0.2, 0) is 22.7 Å². The molecular formula is C18H16N2O3. The predicted molar refractivity (Wildman–Crippen MR) is 84.1 cm³/mol. The maximum absolute atomic E-state index is 12.4. The zero-order chi connectivity index (χ0) is 16.4. The van der Waals surface area contributed by atoms with Crippen LogP contribution in [0, 0.1) is 6.92 Å². The minimum atomic E-state index is -0.772. The number of benzene rings is 2. The second kappa shape index (κ2) is 6.04. The third-order valence-corrected chi connectivity index (χ3v) is 3.74. The standard InChI is InChI=1S/C18H16N2O3/c1-13-6-5-9-15(10-13)12-20-17(22)16(21)19(18(20)23)11-14-7-3-2-4-8-14/h2-10H,11-12H2,1H3. The van der Waals surface area contributed by atoms with Crippen molar-refractivity contribution in [3.63, 3.8) is 0 Å². The first-order valence-electron chi connectivity index (χ1n) is 7.33. The molecule has 0 unspecified atom stereocenters. The average molecular weight is 308 g/mol. The van der Waals surface area contributed by atoms with Gasteiger partial charge in [0.2, 0.25) is 0 Å². The summed E-state index contributed by atoms with van der Waals surface area (Å²) in [5.74, 6) is -1.54. The Morgan fingerprint density at radius 1 is 0.739 bits per heavy atom. The summed E-state index contributed by atoms with van der Waals surface area (Å²) in [6.07, 6.45) is 0. The molecule has 0 bridgehead atoms. The van der Waals surface area contributed by atoms with Gasteiger partial charge in [-0.3, -0.25) is 19.4 Å². The summed E-state index contributed by atoms with van der Waals surface area (Å²) in [6, 6.07) is 16.1. The summed E-state index contributed by atoms with van der Waals surface area (Å²) in [4.78, 5) is 38.6. The van der Waals surface area contributed by atoms with Crippen LogP contribution < -0.4 is 0 Å². The summed E-state index contributed by atoms with van der Waals surface area (Å²) >= 11 is 0. The van der Waals surface area contributed by atoms with Gasteiger partial charge in [-0.25, -0.2) is 4.79 Å². The molecule has 2 aromatic carbocycles. The van der Waals surface area contributed by atoms with Crippen LogP contribution in [0.15, 0.2) is 54.6 Å². The lowest BCUT2D eigenvalue weighted by molar-refractivity contribution is -0.143. The molecule has 3 rings (SSSR count). The van der Waals surface area contributed by atoms with Crippen LogP contribution >= 0.6 is 0 Å². The lowest BCUT2D eigenvalue weighted by atomic mass is 10.1. The zero-order valence-corrected chi connectivity index (χ0v) is 12.7. The molecule has 5 nitrogen and oxygen atoms in total. The van der Waals surface area contributed by atoms with Crippen molar-refractivity contribution < 1.29 is 14.4 Å². The third-order valence-electron chi connectivity index (χ3n) is 3.74. The van der Waals surface area contributed by atoms with Crippen LogP contribution in [-0.4, -0.2) is 27.6 Å². The van der Waals surface area contributed by atoms with E-state index in [0.717, 1.165) is 26.5 Å². The quantitative estimate of drug-likeness (QED) is 0.644. The van der Waals surface area contributed by atoms with Gasteiger partial charge in [-0.1, -0.05) is 60.2 Å². The molecule has 0 atom stereocenters. The molecule has 23 heavy (non-hydrogen) atoms. The fourth-order valence-corrected chi connectivity index (χ4v) is 2.59. The van der Waals surface area contributed by atoms with E-state index in [1.54, 1.807) is 0 Å². The number of aryl methyl sites for hydroxylation is 1. The number of carbonyl (C=O) groups is 3. The van der Waals surface area contributed by atoms with Gasteiger partial charge < -0.3 is 0 Å². The van der Waals surface area contributed by atoms with Gasteiger partial charge in [-0.2, -0.15) is 0 Å². The smallest absolute Gasteiger partial charge is 0.263 e. The molecule has 1 aliphatic heterocycles. The van der Waals surface area contributed by atoms with Gasteiger partial charge in [0, 0.05) is 0 Å². The minimum Gasteiger partial charge on any atom is -0.263 e. The Morgan fingerprint density at radius 3 is 1.91 bits per heavy atom. The van der Waals surface area contributed by atoms with Crippen LogP contribution in [0.3, 0.4) is 0 Å². The van der Waals surface area contributed by atoms with Gasteiger partial charge in [0.25, 0.3) is 0 Å². The van der Waals surface area contributed by atoms with Crippen molar-refractivity contribution in [3.8, 4) is 0 Å². The van der Waals surface area contributed by atoms with Crippen molar-refractivity contribution in [1.82, 2.24) is 9.80 Å². The van der Waals surface area contributed by atoms with E-state index in [1.807, 2.05) is 61.5 Å². The first-order valence-corrected chi connectivity index (χ1v) is 7.33. The second-order valence-electron chi connectivity index (χ2n) is 5.54. The largest absolute Gasteiger partial charge is 0.334 e. The van der Waals surface area contributed by atoms with Crippen LogP contribution in [0.1, 0.15) is 16.7 Å². The minimum absolute atomic E-state index is 0.106. The third kappa shape index (κ3) is 2.99. The van der Waals surface area contributed by atoms with Gasteiger partial charge in [-0.05, 0) is 18.1 Å². The lowest BCUT2D eigenvalue weighted by Crippen LogP contribution is -2.32. The molecule has 0 N–H and O–H groups in total. The Balaban J connectivity index is 1.79. The van der Waals surface area contributed by atoms with Crippen molar-refractivity contribution in [2.24, 2.45) is 0 Å². The number of hydrogen-bond acceptors (Lipinski definition) is 3. The second-order valence-corrected chi connectivity index (χ2v) is 5.54. The number of carbonyl (C=O) groups excluding carboxylic acids is 3. The summed E-state index contributed by atoms with van der Waals surface area (Å²) in [5.41, 5.74) is 2.66. The fourth-order valence-electron chi connectivity index (χ4n) is 2.59. The zero-order valence-electron chi connectivity index (χ0n) is 12.7. The average Bonchev–Trinajstić information content (AvgIpc) is 2.74. The van der Waals surface area contributed by atoms with Gasteiger partial charge >= 0.3 is 17.8 Å². The Hall–Kier alpha value is -2.95. The predicted octanol–water partition coefficient (Wildman–Crippen LogP) is 2.49. The molecule has 0 radical (unpaired) electrons. The highest BCUT2D eigenvalue weighted by Crippen LogP contribution is 2.19. The highest BCUT2D eigenvalue weighted by Gasteiger charge is 2.44. The van der Waals surface area contributed by atoms with Crippen LogP contribution in [0.25, 0.3) is 0 Å². The van der Waals surface area contributed by atoms with Crippen molar-refractivity contribution >= 4 is 17.8 Å². The molecule has 2 aromatic rings. The van der Waals surface area contributed by atoms with E-state index in [-0.39, 0.29) is 13.1 Å². The topological polar surface area (TPSA) is 57.7 Å². The van der Waals surface area contributed by atoms with Crippen molar-refractivity contribution in [3.05, 3.63) is 71.3 Å². The maximum atomic E-state index is 12.4. The highest BCUT2D eigenvalue weighted by atomic mass is 16.2. The normalized spacial score (nSPS) is 14.7. The van der Waals surface area contributed by atoms with E-state index in [2.05, 4.69) is 0 Å². The fraction of sp³-hybridized carbons (Fsp3) is 0.167. The Bertz CT molecular complexity index is 771. The van der Waals surface area contributed by atoms with E-state index in [9.17, 15) is 14.4 Å². The van der Waals surface area contributed by atoms with E-state index in [1.165, 1.54) is 0 Å².